The Labute approximate surface area is 126 Å². The molecule has 0 radical (unpaired) electrons. The van der Waals surface area contributed by atoms with E-state index >= 15 is 0 Å². The molecule has 1 aromatic rings. The molecule has 1 aliphatic carbocycles. The van der Waals surface area contributed by atoms with E-state index in [1.807, 2.05) is 18.3 Å². The quantitative estimate of drug-likeness (QED) is 0.837. The lowest BCUT2D eigenvalue weighted by molar-refractivity contribution is -0.116. The average molecular weight is 285 g/mol. The number of phenols is 1. The van der Waals surface area contributed by atoms with Crippen molar-refractivity contribution in [2.75, 3.05) is 0 Å². The van der Waals surface area contributed by atoms with Gasteiger partial charge in [0.1, 0.15) is 5.75 Å². The lowest BCUT2D eigenvalue weighted by Crippen LogP contribution is -2.37. The molecule has 21 heavy (non-hydrogen) atoms. The van der Waals surface area contributed by atoms with Crippen molar-refractivity contribution in [1.29, 1.82) is 0 Å². The van der Waals surface area contributed by atoms with Gasteiger partial charge >= 0.3 is 0 Å². The molecule has 1 unspecified atom stereocenters. The van der Waals surface area contributed by atoms with Gasteiger partial charge in [0.05, 0.1) is 6.04 Å². The minimum atomic E-state index is 0.117. The van der Waals surface area contributed by atoms with Gasteiger partial charge in [0.25, 0.3) is 0 Å². The molecule has 2 aliphatic rings. The Morgan fingerprint density at radius 1 is 1.00 bits per heavy atom. The summed E-state index contributed by atoms with van der Waals surface area (Å²) in [6, 6.07) is 7.96. The minimum absolute atomic E-state index is 0.117. The van der Waals surface area contributed by atoms with Gasteiger partial charge in [-0.05, 0) is 36.6 Å². The van der Waals surface area contributed by atoms with E-state index in [0.29, 0.717) is 12.5 Å². The third kappa shape index (κ3) is 3.29. The normalized spacial score (nSPS) is 24.1. The predicted octanol–water partition coefficient (Wildman–Crippen LogP) is 3.94. The molecule has 1 fully saturated rings. The van der Waals surface area contributed by atoms with Gasteiger partial charge in [0.2, 0.25) is 0 Å². The molecule has 0 saturated heterocycles. The number of ketones is 1. The summed E-state index contributed by atoms with van der Waals surface area (Å²) >= 11 is 0. The van der Waals surface area contributed by atoms with Gasteiger partial charge in [-0.1, -0.05) is 37.8 Å². The van der Waals surface area contributed by atoms with Gasteiger partial charge in [-0.15, -0.1) is 0 Å². The second-order valence-electron chi connectivity index (χ2n) is 6.19. The molecule has 3 rings (SSSR count). The minimum Gasteiger partial charge on any atom is -0.508 e. The first-order valence-electron chi connectivity index (χ1n) is 8.01. The van der Waals surface area contributed by atoms with Crippen molar-refractivity contribution in [3.63, 3.8) is 0 Å². The molecule has 1 heterocycles. The summed E-state index contributed by atoms with van der Waals surface area (Å²) in [4.78, 5) is 14.2. The fraction of sp³-hybridized carbons (Fsp3) is 0.500. The SMILES string of the molecule is O=C1C=CN(C2CCCCCC2)C(c2ccc(O)cc2)C1. The second kappa shape index (κ2) is 6.33. The number of allylic oxidation sites excluding steroid dienone is 1. The van der Waals surface area contributed by atoms with E-state index in [-0.39, 0.29) is 17.6 Å². The highest BCUT2D eigenvalue weighted by Gasteiger charge is 2.29. The number of benzene rings is 1. The topological polar surface area (TPSA) is 40.5 Å². The first-order valence-corrected chi connectivity index (χ1v) is 8.01. The molecule has 1 saturated carbocycles. The van der Waals surface area contributed by atoms with Gasteiger partial charge in [0, 0.05) is 18.7 Å². The van der Waals surface area contributed by atoms with Crippen molar-refractivity contribution in [2.45, 2.75) is 57.0 Å². The number of carbonyl (C=O) groups is 1. The summed E-state index contributed by atoms with van der Waals surface area (Å²) in [6.45, 7) is 0. The summed E-state index contributed by atoms with van der Waals surface area (Å²) < 4.78 is 0. The molecule has 3 heteroatoms. The monoisotopic (exact) mass is 285 g/mol. The summed E-state index contributed by atoms with van der Waals surface area (Å²) in [6.07, 6.45) is 11.9. The van der Waals surface area contributed by atoms with Crippen molar-refractivity contribution >= 4 is 5.78 Å². The van der Waals surface area contributed by atoms with Crippen LogP contribution in [0.15, 0.2) is 36.5 Å². The molecule has 3 nitrogen and oxygen atoms in total. The van der Waals surface area contributed by atoms with Crippen molar-refractivity contribution in [3.05, 3.63) is 42.1 Å². The maximum atomic E-state index is 11.8. The highest BCUT2D eigenvalue weighted by atomic mass is 16.3. The molecule has 1 atom stereocenters. The van der Waals surface area contributed by atoms with E-state index in [1.54, 1.807) is 18.2 Å². The predicted molar refractivity (Wildman–Crippen MR) is 82.9 cm³/mol. The van der Waals surface area contributed by atoms with Crippen molar-refractivity contribution in [1.82, 2.24) is 4.90 Å². The molecule has 1 aliphatic heterocycles. The highest BCUT2D eigenvalue weighted by Crippen LogP contribution is 2.35. The smallest absolute Gasteiger partial charge is 0.159 e. The van der Waals surface area contributed by atoms with Crippen LogP contribution in [0.3, 0.4) is 0 Å². The Bertz CT molecular complexity index is 513. The van der Waals surface area contributed by atoms with Gasteiger partial charge in [-0.2, -0.15) is 0 Å². The van der Waals surface area contributed by atoms with Crippen LogP contribution in [0.25, 0.3) is 0 Å². The van der Waals surface area contributed by atoms with Gasteiger partial charge < -0.3 is 10.0 Å². The Hall–Kier alpha value is -1.77. The number of carbonyl (C=O) groups excluding carboxylic acids is 1. The number of rotatable bonds is 2. The molecule has 1 aromatic carbocycles. The Morgan fingerprint density at radius 3 is 2.33 bits per heavy atom. The van der Waals surface area contributed by atoms with E-state index in [0.717, 1.165) is 5.56 Å². The van der Waals surface area contributed by atoms with Crippen LogP contribution in [0, 0.1) is 0 Å². The first-order chi connectivity index (χ1) is 10.2. The number of hydrogen-bond acceptors (Lipinski definition) is 3. The van der Waals surface area contributed by atoms with Crippen LogP contribution in [0.1, 0.15) is 56.6 Å². The number of phenolic OH excluding ortho intramolecular Hbond substituents is 1. The van der Waals surface area contributed by atoms with Crippen LogP contribution < -0.4 is 0 Å². The van der Waals surface area contributed by atoms with E-state index in [9.17, 15) is 9.90 Å². The second-order valence-corrected chi connectivity index (χ2v) is 6.19. The summed E-state index contributed by atoms with van der Waals surface area (Å²) in [5.74, 6) is 0.468. The lowest BCUT2D eigenvalue weighted by atomic mass is 9.93. The van der Waals surface area contributed by atoms with Crippen molar-refractivity contribution in [3.8, 4) is 5.75 Å². The molecular formula is C18H23NO2. The Balaban J connectivity index is 1.85. The van der Waals surface area contributed by atoms with Gasteiger partial charge in [0.15, 0.2) is 5.78 Å². The standard InChI is InChI=1S/C18H23NO2/c20-16-9-7-14(8-10-16)18-13-17(21)11-12-19(18)15-5-3-1-2-4-6-15/h7-12,15,18,20H,1-6,13H2. The number of hydrogen-bond donors (Lipinski definition) is 1. The van der Waals surface area contributed by atoms with Crippen LogP contribution in [0.4, 0.5) is 0 Å². The van der Waals surface area contributed by atoms with Crippen LogP contribution >= 0.6 is 0 Å². The summed E-state index contributed by atoms with van der Waals surface area (Å²) in [5, 5.41) is 9.46. The molecule has 1 N–H and O–H groups in total. The van der Waals surface area contributed by atoms with Crippen LogP contribution in [0.5, 0.6) is 5.75 Å². The molecule has 0 aromatic heterocycles. The lowest BCUT2D eigenvalue weighted by Gasteiger charge is -2.39. The molecule has 0 spiro atoms. The summed E-state index contributed by atoms with van der Waals surface area (Å²) in [5.41, 5.74) is 1.12. The Morgan fingerprint density at radius 2 is 1.67 bits per heavy atom. The number of aromatic hydroxyl groups is 1. The zero-order chi connectivity index (χ0) is 14.7. The van der Waals surface area contributed by atoms with Crippen LogP contribution in [-0.2, 0) is 4.79 Å². The third-order valence-corrected chi connectivity index (χ3v) is 4.71. The average Bonchev–Trinajstić information content (AvgIpc) is 2.77. The largest absolute Gasteiger partial charge is 0.508 e. The fourth-order valence-corrected chi connectivity index (χ4v) is 3.56. The number of nitrogens with zero attached hydrogens (tertiary/aromatic N) is 1. The molecule has 112 valence electrons. The molecule has 0 bridgehead atoms. The first kappa shape index (κ1) is 14.2. The van der Waals surface area contributed by atoms with E-state index in [4.69, 9.17) is 0 Å². The zero-order valence-electron chi connectivity index (χ0n) is 12.4. The Kier molecular flexibility index (Phi) is 4.28. The highest BCUT2D eigenvalue weighted by molar-refractivity contribution is 5.91. The third-order valence-electron chi connectivity index (χ3n) is 4.71. The summed E-state index contributed by atoms with van der Waals surface area (Å²) in [7, 11) is 0. The molecular weight excluding hydrogens is 262 g/mol. The van der Waals surface area contributed by atoms with Crippen molar-refractivity contribution in [2.24, 2.45) is 0 Å². The zero-order valence-corrected chi connectivity index (χ0v) is 12.4. The van der Waals surface area contributed by atoms with E-state index < -0.39 is 0 Å². The molecule has 0 amide bonds. The van der Waals surface area contributed by atoms with E-state index in [1.165, 1.54) is 38.5 Å². The van der Waals surface area contributed by atoms with Gasteiger partial charge in [-0.25, -0.2) is 0 Å². The maximum absolute atomic E-state index is 11.8. The van der Waals surface area contributed by atoms with E-state index in [2.05, 4.69) is 4.90 Å². The maximum Gasteiger partial charge on any atom is 0.159 e. The van der Waals surface area contributed by atoms with Crippen LogP contribution in [0.2, 0.25) is 0 Å². The fourth-order valence-electron chi connectivity index (χ4n) is 3.56. The van der Waals surface area contributed by atoms with Crippen LogP contribution in [-0.4, -0.2) is 21.8 Å². The van der Waals surface area contributed by atoms with Crippen molar-refractivity contribution < 1.29 is 9.90 Å². The van der Waals surface area contributed by atoms with Gasteiger partial charge in [-0.3, -0.25) is 4.79 Å².